The number of hydrogen-bond acceptors (Lipinski definition) is 6. The molecule has 0 saturated carbocycles. The number of carboxylic acids is 1. The standard InChI is InChI=1S/C53H92N2O7/c1-3-5-7-9-11-13-15-17-19-20-21-22-24-26-28-30-32-37-41-45-52(59)62-48(42-38-34-31-29-27-25-23-18-16-14-12-10-8-6-4-2)43-39-35-33-36-40-44-50(57)54-46-51(58)55-49(47-56)53(60)61/h5,7,11,13,17,19,21-22,25,27,48-49,56H,3-4,6,8-10,12,14-16,18,20,23-24,26,28-47H2,1-2H3,(H,54,57)(H,55,58)(H,60,61)/b7-5-,13-11-,19-17-,22-21-,27-25-. The zero-order valence-corrected chi connectivity index (χ0v) is 39.6. The van der Waals surface area contributed by atoms with Crippen LogP contribution in [0.3, 0.4) is 0 Å². The number of carboxylic acid groups (broad SMARTS) is 1. The average Bonchev–Trinajstić information content (AvgIpc) is 3.26. The van der Waals surface area contributed by atoms with Crippen molar-refractivity contribution >= 4 is 23.8 Å². The lowest BCUT2D eigenvalue weighted by molar-refractivity contribution is -0.150. The van der Waals surface area contributed by atoms with E-state index >= 15 is 0 Å². The second kappa shape index (κ2) is 47.0. The average molecular weight is 869 g/mol. The maximum atomic E-state index is 12.9. The van der Waals surface area contributed by atoms with Crippen LogP contribution in [0.15, 0.2) is 60.8 Å². The summed E-state index contributed by atoms with van der Waals surface area (Å²) in [6.45, 7) is 3.38. The molecule has 0 aromatic carbocycles. The fourth-order valence-electron chi connectivity index (χ4n) is 7.17. The Morgan fingerprint density at radius 2 is 0.919 bits per heavy atom. The van der Waals surface area contributed by atoms with Crippen LogP contribution in [0.2, 0.25) is 0 Å². The van der Waals surface area contributed by atoms with E-state index in [0.29, 0.717) is 12.8 Å². The summed E-state index contributed by atoms with van der Waals surface area (Å²) in [6.07, 6.45) is 58.2. The number of aliphatic hydroxyl groups excluding tert-OH is 1. The maximum Gasteiger partial charge on any atom is 0.328 e. The number of esters is 1. The van der Waals surface area contributed by atoms with Crippen LogP contribution < -0.4 is 10.6 Å². The van der Waals surface area contributed by atoms with Crippen LogP contribution in [0.1, 0.15) is 226 Å². The lowest BCUT2D eigenvalue weighted by atomic mass is 10.0. The second-order valence-electron chi connectivity index (χ2n) is 16.9. The third-order valence-electron chi connectivity index (χ3n) is 11.0. The van der Waals surface area contributed by atoms with Gasteiger partial charge in [-0.05, 0) is 103 Å². The molecule has 4 N–H and O–H groups in total. The first kappa shape index (κ1) is 58.5. The molecule has 0 bridgehead atoms. The van der Waals surface area contributed by atoms with E-state index in [-0.39, 0.29) is 30.9 Å². The largest absolute Gasteiger partial charge is 0.480 e. The Labute approximate surface area is 379 Å². The van der Waals surface area contributed by atoms with Crippen molar-refractivity contribution in [3.63, 3.8) is 0 Å². The minimum Gasteiger partial charge on any atom is -0.480 e. The Morgan fingerprint density at radius 1 is 0.500 bits per heavy atom. The first-order valence-corrected chi connectivity index (χ1v) is 25.2. The van der Waals surface area contributed by atoms with E-state index in [1.165, 1.54) is 83.5 Å². The molecule has 0 aliphatic rings. The van der Waals surface area contributed by atoms with Crippen molar-refractivity contribution in [3.8, 4) is 0 Å². The molecule has 0 aliphatic carbocycles. The normalized spacial score (nSPS) is 13.0. The summed E-state index contributed by atoms with van der Waals surface area (Å²) in [4.78, 5) is 47.8. The van der Waals surface area contributed by atoms with Crippen LogP contribution in [-0.2, 0) is 23.9 Å². The van der Waals surface area contributed by atoms with Gasteiger partial charge in [0.05, 0.1) is 13.2 Å². The topological polar surface area (TPSA) is 142 Å². The fraction of sp³-hybridized carbons (Fsp3) is 0.736. The number of carbonyl (C=O) groups is 4. The van der Waals surface area contributed by atoms with Gasteiger partial charge < -0.3 is 25.6 Å². The van der Waals surface area contributed by atoms with Crippen molar-refractivity contribution in [1.29, 1.82) is 0 Å². The lowest BCUT2D eigenvalue weighted by Crippen LogP contribution is -2.47. The molecule has 0 aromatic rings. The Morgan fingerprint density at radius 3 is 1.42 bits per heavy atom. The number of aliphatic carboxylic acids is 1. The van der Waals surface area contributed by atoms with E-state index in [0.717, 1.165) is 109 Å². The molecule has 0 heterocycles. The zero-order chi connectivity index (χ0) is 45.4. The highest BCUT2D eigenvalue weighted by Crippen LogP contribution is 2.18. The molecule has 2 atom stereocenters. The van der Waals surface area contributed by atoms with Gasteiger partial charge in [0.1, 0.15) is 12.1 Å². The number of rotatable bonds is 45. The molecule has 0 saturated heterocycles. The molecule has 0 fully saturated rings. The van der Waals surface area contributed by atoms with Crippen LogP contribution in [0.4, 0.5) is 0 Å². The van der Waals surface area contributed by atoms with Gasteiger partial charge in [0, 0.05) is 12.8 Å². The summed E-state index contributed by atoms with van der Waals surface area (Å²) < 4.78 is 6.05. The van der Waals surface area contributed by atoms with Crippen LogP contribution in [-0.4, -0.2) is 59.3 Å². The van der Waals surface area contributed by atoms with E-state index in [4.69, 9.17) is 14.9 Å². The van der Waals surface area contributed by atoms with Crippen molar-refractivity contribution in [3.05, 3.63) is 60.8 Å². The monoisotopic (exact) mass is 869 g/mol. The van der Waals surface area contributed by atoms with Gasteiger partial charge in [0.15, 0.2) is 0 Å². The number of allylic oxidation sites excluding steroid dienone is 10. The molecule has 9 nitrogen and oxygen atoms in total. The molecular formula is C53H92N2O7. The smallest absolute Gasteiger partial charge is 0.328 e. The van der Waals surface area contributed by atoms with Crippen LogP contribution in [0.5, 0.6) is 0 Å². The molecule has 356 valence electrons. The van der Waals surface area contributed by atoms with Crippen molar-refractivity contribution in [1.82, 2.24) is 10.6 Å². The highest BCUT2D eigenvalue weighted by molar-refractivity contribution is 5.87. The third-order valence-corrected chi connectivity index (χ3v) is 11.0. The molecule has 0 spiro atoms. The Balaban J connectivity index is 4.37. The van der Waals surface area contributed by atoms with Crippen molar-refractivity contribution in [2.45, 2.75) is 238 Å². The van der Waals surface area contributed by atoms with Crippen molar-refractivity contribution < 1.29 is 34.1 Å². The zero-order valence-electron chi connectivity index (χ0n) is 39.6. The first-order chi connectivity index (χ1) is 30.3. The fourth-order valence-corrected chi connectivity index (χ4v) is 7.17. The van der Waals surface area contributed by atoms with E-state index in [1.54, 1.807) is 0 Å². The number of ether oxygens (including phenoxy) is 1. The van der Waals surface area contributed by atoms with Gasteiger partial charge in [0.25, 0.3) is 0 Å². The highest BCUT2D eigenvalue weighted by Gasteiger charge is 2.19. The van der Waals surface area contributed by atoms with Crippen molar-refractivity contribution in [2.24, 2.45) is 0 Å². The number of unbranched alkanes of at least 4 members (excludes halogenated alkanes) is 21. The predicted octanol–water partition coefficient (Wildman–Crippen LogP) is 13.3. The van der Waals surface area contributed by atoms with Gasteiger partial charge in [-0.15, -0.1) is 0 Å². The molecular weight excluding hydrogens is 777 g/mol. The summed E-state index contributed by atoms with van der Waals surface area (Å²) in [5.41, 5.74) is 0. The number of hydrogen-bond donors (Lipinski definition) is 4. The Bertz CT molecular complexity index is 1220. The van der Waals surface area contributed by atoms with Gasteiger partial charge in [-0.3, -0.25) is 14.4 Å². The van der Waals surface area contributed by atoms with Crippen LogP contribution >= 0.6 is 0 Å². The molecule has 0 rings (SSSR count). The summed E-state index contributed by atoms with van der Waals surface area (Å²) in [5.74, 6) is -2.32. The second-order valence-corrected chi connectivity index (χ2v) is 16.9. The van der Waals surface area contributed by atoms with Crippen LogP contribution in [0, 0.1) is 0 Å². The van der Waals surface area contributed by atoms with Gasteiger partial charge in [0.2, 0.25) is 11.8 Å². The summed E-state index contributed by atoms with van der Waals surface area (Å²) in [5, 5.41) is 22.6. The van der Waals surface area contributed by atoms with Gasteiger partial charge >= 0.3 is 11.9 Å². The summed E-state index contributed by atoms with van der Waals surface area (Å²) >= 11 is 0. The van der Waals surface area contributed by atoms with E-state index < -0.39 is 24.5 Å². The quantitative estimate of drug-likeness (QED) is 0.0271. The third kappa shape index (κ3) is 43.2. The molecule has 62 heavy (non-hydrogen) atoms. The first-order valence-electron chi connectivity index (χ1n) is 25.2. The van der Waals surface area contributed by atoms with Gasteiger partial charge in [-0.2, -0.15) is 0 Å². The number of carbonyl (C=O) groups excluding carboxylic acids is 3. The van der Waals surface area contributed by atoms with E-state index in [2.05, 4.69) is 85.2 Å². The SMILES string of the molecule is CC/C=C\C/C=C\C/C=C\C/C=C\CCCCCCCCC(=O)OC(CCCCC/C=C\CCCCCCCCCC)CCCCCCCC(=O)NCC(=O)NC(CO)C(=O)O. The molecule has 0 aliphatic heterocycles. The molecule has 9 heteroatoms. The summed E-state index contributed by atoms with van der Waals surface area (Å²) in [6, 6.07) is -1.39. The summed E-state index contributed by atoms with van der Waals surface area (Å²) in [7, 11) is 0. The maximum absolute atomic E-state index is 12.9. The van der Waals surface area contributed by atoms with Gasteiger partial charge in [-0.1, -0.05) is 171 Å². The number of aliphatic hydroxyl groups is 1. The Hall–Kier alpha value is -3.46. The molecule has 0 radical (unpaired) electrons. The van der Waals surface area contributed by atoms with E-state index in [1.807, 2.05) is 0 Å². The lowest BCUT2D eigenvalue weighted by Gasteiger charge is -2.18. The number of amides is 2. The minimum atomic E-state index is -1.39. The minimum absolute atomic E-state index is 0.0399. The van der Waals surface area contributed by atoms with Gasteiger partial charge in [-0.25, -0.2) is 4.79 Å². The van der Waals surface area contributed by atoms with Crippen LogP contribution in [0.25, 0.3) is 0 Å². The highest BCUT2D eigenvalue weighted by atomic mass is 16.5. The Kier molecular flexibility index (Phi) is 44.4. The molecule has 2 unspecified atom stereocenters. The molecule has 2 amide bonds. The van der Waals surface area contributed by atoms with Crippen molar-refractivity contribution in [2.75, 3.05) is 13.2 Å². The van der Waals surface area contributed by atoms with E-state index in [9.17, 15) is 19.2 Å². The number of nitrogens with one attached hydrogen (secondary N) is 2. The molecule has 0 aromatic heterocycles. The predicted molar refractivity (Wildman–Crippen MR) is 259 cm³/mol.